The number of nitrogens with zero attached hydrogens (tertiary/aromatic N) is 1. The average molecular weight is 322 g/mol. The van der Waals surface area contributed by atoms with Gasteiger partial charge in [-0.1, -0.05) is 0 Å². The minimum absolute atomic E-state index is 0.257. The smallest absolute Gasteiger partial charge is 0.255 e. The topological polar surface area (TPSA) is 77.2 Å². The Labute approximate surface area is 118 Å². The van der Waals surface area contributed by atoms with Crippen LogP contribution in [0.5, 0.6) is 5.75 Å². The van der Waals surface area contributed by atoms with E-state index in [-0.39, 0.29) is 5.91 Å². The first kappa shape index (κ1) is 13.4. The lowest BCUT2D eigenvalue weighted by Gasteiger charge is -2.09. The van der Waals surface area contributed by atoms with E-state index in [1.54, 1.807) is 36.5 Å². The van der Waals surface area contributed by atoms with Crippen LogP contribution in [-0.2, 0) is 0 Å². The molecule has 6 heteroatoms. The second-order valence-corrected chi connectivity index (χ2v) is 4.50. The number of benzene rings is 1. The van der Waals surface area contributed by atoms with Gasteiger partial charge in [0.25, 0.3) is 5.91 Å². The number of nitrogens with two attached hydrogens (primary N) is 1. The summed E-state index contributed by atoms with van der Waals surface area (Å²) in [6.45, 7) is 0. The van der Waals surface area contributed by atoms with Gasteiger partial charge in [0, 0.05) is 11.8 Å². The third-order valence-electron chi connectivity index (χ3n) is 2.50. The first-order chi connectivity index (χ1) is 9.11. The molecule has 0 fully saturated rings. The Morgan fingerprint density at radius 1 is 1.42 bits per heavy atom. The molecule has 0 spiro atoms. The Hall–Kier alpha value is -2.08. The van der Waals surface area contributed by atoms with Crippen LogP contribution in [0.4, 0.5) is 11.4 Å². The van der Waals surface area contributed by atoms with Crippen molar-refractivity contribution in [1.29, 1.82) is 0 Å². The zero-order chi connectivity index (χ0) is 13.8. The van der Waals surface area contributed by atoms with Gasteiger partial charge in [0.05, 0.1) is 18.5 Å². The van der Waals surface area contributed by atoms with Crippen molar-refractivity contribution in [2.75, 3.05) is 18.2 Å². The van der Waals surface area contributed by atoms with Gasteiger partial charge in [0.2, 0.25) is 0 Å². The third kappa shape index (κ3) is 3.03. The second-order valence-electron chi connectivity index (χ2n) is 3.75. The zero-order valence-electron chi connectivity index (χ0n) is 10.2. The largest absolute Gasteiger partial charge is 0.495 e. The van der Waals surface area contributed by atoms with Crippen molar-refractivity contribution in [3.8, 4) is 5.75 Å². The van der Waals surface area contributed by atoms with E-state index in [0.717, 1.165) is 0 Å². The van der Waals surface area contributed by atoms with Gasteiger partial charge in [0.15, 0.2) is 0 Å². The number of ether oxygens (including phenoxy) is 1. The highest BCUT2D eigenvalue weighted by Gasteiger charge is 2.10. The summed E-state index contributed by atoms with van der Waals surface area (Å²) in [5, 5.41) is 2.75. The van der Waals surface area contributed by atoms with E-state index in [2.05, 4.69) is 26.2 Å². The number of halogens is 1. The number of carbonyl (C=O) groups excluding carboxylic acids is 1. The van der Waals surface area contributed by atoms with Crippen molar-refractivity contribution in [2.24, 2.45) is 0 Å². The number of anilines is 2. The van der Waals surface area contributed by atoms with Crippen LogP contribution in [0.1, 0.15) is 10.4 Å². The number of nitrogens with one attached hydrogen (secondary N) is 1. The molecule has 0 atom stereocenters. The monoisotopic (exact) mass is 321 g/mol. The Balaban J connectivity index is 2.23. The molecule has 0 aliphatic carbocycles. The fraction of sp³-hybridized carbons (Fsp3) is 0.0769. The maximum absolute atomic E-state index is 12.1. The van der Waals surface area contributed by atoms with E-state index >= 15 is 0 Å². The molecule has 5 nitrogen and oxygen atoms in total. The van der Waals surface area contributed by atoms with E-state index in [0.29, 0.717) is 27.3 Å². The number of aromatic nitrogens is 1. The standard InChI is InChI=1S/C13H12BrN3O2/c1-19-11-7-8(4-5-9(11)15)13(18)17-10-3-2-6-16-12(10)14/h2-7H,15H2,1H3,(H,17,18). The SMILES string of the molecule is COc1cc(C(=O)Nc2cccnc2Br)ccc1N. The Morgan fingerprint density at radius 2 is 2.21 bits per heavy atom. The number of amides is 1. The van der Waals surface area contributed by atoms with E-state index in [1.807, 2.05) is 0 Å². The average Bonchev–Trinajstić information content (AvgIpc) is 2.42. The first-order valence-electron chi connectivity index (χ1n) is 5.47. The van der Waals surface area contributed by atoms with Gasteiger partial charge in [-0.05, 0) is 46.3 Å². The maximum atomic E-state index is 12.1. The lowest BCUT2D eigenvalue weighted by Crippen LogP contribution is -2.13. The van der Waals surface area contributed by atoms with Crippen LogP contribution in [0.25, 0.3) is 0 Å². The molecule has 0 saturated carbocycles. The summed E-state index contributed by atoms with van der Waals surface area (Å²) < 4.78 is 5.66. The first-order valence-corrected chi connectivity index (χ1v) is 6.26. The van der Waals surface area contributed by atoms with Crippen LogP contribution in [0.2, 0.25) is 0 Å². The minimum Gasteiger partial charge on any atom is -0.495 e. The predicted octanol–water partition coefficient (Wildman–Crippen LogP) is 2.69. The Bertz CT molecular complexity index is 617. The van der Waals surface area contributed by atoms with Crippen molar-refractivity contribution in [1.82, 2.24) is 4.98 Å². The van der Waals surface area contributed by atoms with Gasteiger partial charge in [-0.25, -0.2) is 4.98 Å². The second kappa shape index (κ2) is 5.71. The van der Waals surface area contributed by atoms with Gasteiger partial charge >= 0.3 is 0 Å². The lowest BCUT2D eigenvalue weighted by molar-refractivity contribution is 0.102. The molecule has 3 N–H and O–H groups in total. The molecule has 2 rings (SSSR count). The molecule has 0 radical (unpaired) electrons. The molecular formula is C13H12BrN3O2. The normalized spacial score (nSPS) is 10.0. The summed E-state index contributed by atoms with van der Waals surface area (Å²) >= 11 is 3.27. The molecule has 1 amide bonds. The molecule has 1 aromatic carbocycles. The number of methoxy groups -OCH3 is 1. The molecule has 1 aromatic heterocycles. The molecule has 0 aliphatic heterocycles. The Kier molecular flexibility index (Phi) is 4.01. The van der Waals surface area contributed by atoms with E-state index < -0.39 is 0 Å². The maximum Gasteiger partial charge on any atom is 0.255 e. The molecule has 0 unspecified atom stereocenters. The van der Waals surface area contributed by atoms with Gasteiger partial charge in [-0.2, -0.15) is 0 Å². The zero-order valence-corrected chi connectivity index (χ0v) is 11.8. The molecule has 0 saturated heterocycles. The fourth-order valence-corrected chi connectivity index (χ4v) is 1.88. The van der Waals surface area contributed by atoms with Gasteiger partial charge < -0.3 is 15.8 Å². The minimum atomic E-state index is -0.257. The highest BCUT2D eigenvalue weighted by molar-refractivity contribution is 9.10. The number of carbonyl (C=O) groups is 1. The molecule has 0 aliphatic rings. The van der Waals surface area contributed by atoms with Crippen molar-refractivity contribution >= 4 is 33.2 Å². The lowest BCUT2D eigenvalue weighted by atomic mass is 10.1. The van der Waals surface area contributed by atoms with Gasteiger partial charge in [-0.15, -0.1) is 0 Å². The van der Waals surface area contributed by atoms with E-state index in [1.165, 1.54) is 7.11 Å². The number of pyridine rings is 1. The summed E-state index contributed by atoms with van der Waals surface area (Å²) in [5.74, 6) is 0.213. The number of hydrogen-bond acceptors (Lipinski definition) is 4. The number of rotatable bonds is 3. The van der Waals surface area contributed by atoms with Gasteiger partial charge in [0.1, 0.15) is 10.4 Å². The molecule has 2 aromatic rings. The van der Waals surface area contributed by atoms with Crippen molar-refractivity contribution in [3.63, 3.8) is 0 Å². The molecule has 1 heterocycles. The van der Waals surface area contributed by atoms with Crippen molar-refractivity contribution in [3.05, 3.63) is 46.7 Å². The van der Waals surface area contributed by atoms with Crippen LogP contribution >= 0.6 is 15.9 Å². The summed E-state index contributed by atoms with van der Waals surface area (Å²) in [4.78, 5) is 16.1. The molecule has 19 heavy (non-hydrogen) atoms. The third-order valence-corrected chi connectivity index (χ3v) is 3.13. The van der Waals surface area contributed by atoms with E-state index in [9.17, 15) is 4.79 Å². The number of nitrogen functional groups attached to an aromatic ring is 1. The summed E-state index contributed by atoms with van der Waals surface area (Å²) in [6.07, 6.45) is 1.63. The molecular weight excluding hydrogens is 310 g/mol. The van der Waals surface area contributed by atoms with Crippen LogP contribution in [0.3, 0.4) is 0 Å². The van der Waals surface area contributed by atoms with Crippen molar-refractivity contribution in [2.45, 2.75) is 0 Å². The van der Waals surface area contributed by atoms with E-state index in [4.69, 9.17) is 10.5 Å². The summed E-state index contributed by atoms with van der Waals surface area (Å²) in [7, 11) is 1.51. The van der Waals surface area contributed by atoms with Crippen LogP contribution in [0, 0.1) is 0 Å². The number of hydrogen-bond donors (Lipinski definition) is 2. The predicted molar refractivity (Wildman–Crippen MR) is 77.3 cm³/mol. The summed E-state index contributed by atoms with van der Waals surface area (Å²) in [6, 6.07) is 8.35. The molecule has 98 valence electrons. The highest BCUT2D eigenvalue weighted by atomic mass is 79.9. The summed E-state index contributed by atoms with van der Waals surface area (Å²) in [5.41, 5.74) is 7.25. The van der Waals surface area contributed by atoms with Crippen LogP contribution in [-0.4, -0.2) is 18.0 Å². The quantitative estimate of drug-likeness (QED) is 0.673. The fourth-order valence-electron chi connectivity index (χ4n) is 1.53. The molecule has 0 bridgehead atoms. The van der Waals surface area contributed by atoms with Crippen molar-refractivity contribution < 1.29 is 9.53 Å². The Morgan fingerprint density at radius 3 is 2.89 bits per heavy atom. The highest BCUT2D eigenvalue weighted by Crippen LogP contribution is 2.24. The van der Waals surface area contributed by atoms with Crippen LogP contribution in [0.15, 0.2) is 41.1 Å². The van der Waals surface area contributed by atoms with Gasteiger partial charge in [-0.3, -0.25) is 4.79 Å². The van der Waals surface area contributed by atoms with Crippen LogP contribution < -0.4 is 15.8 Å².